The number of aliphatic carboxylic acids is 1. The van der Waals surface area contributed by atoms with E-state index in [2.05, 4.69) is 4.98 Å². The van der Waals surface area contributed by atoms with Crippen LogP contribution < -0.4 is 0 Å². The maximum Gasteiger partial charge on any atom is 0.326 e. The summed E-state index contributed by atoms with van der Waals surface area (Å²) in [6.07, 6.45) is 1.84. The third-order valence-corrected chi connectivity index (χ3v) is 4.29. The van der Waals surface area contributed by atoms with Gasteiger partial charge in [0.2, 0.25) is 5.91 Å². The highest BCUT2D eigenvalue weighted by atomic mass is 16.4. The molecule has 24 heavy (non-hydrogen) atoms. The minimum atomic E-state index is -0.931. The van der Waals surface area contributed by atoms with Crippen LogP contribution in [0.15, 0.2) is 34.7 Å². The van der Waals surface area contributed by atoms with Gasteiger partial charge in [0.1, 0.15) is 6.04 Å². The Morgan fingerprint density at radius 1 is 1.33 bits per heavy atom. The van der Waals surface area contributed by atoms with Crippen LogP contribution >= 0.6 is 0 Å². The fourth-order valence-electron chi connectivity index (χ4n) is 3.10. The summed E-state index contributed by atoms with van der Waals surface area (Å²) in [5, 5.41) is 9.16. The van der Waals surface area contributed by atoms with Gasteiger partial charge in [-0.1, -0.05) is 30.3 Å². The van der Waals surface area contributed by atoms with Crippen molar-refractivity contribution in [3.8, 4) is 11.3 Å². The lowest BCUT2D eigenvalue weighted by molar-refractivity contribution is -0.148. The Hall–Kier alpha value is -2.63. The molecule has 1 aliphatic heterocycles. The first kappa shape index (κ1) is 16.2. The van der Waals surface area contributed by atoms with Crippen molar-refractivity contribution < 1.29 is 19.1 Å². The van der Waals surface area contributed by atoms with Gasteiger partial charge in [-0.2, -0.15) is 0 Å². The van der Waals surface area contributed by atoms with Crippen LogP contribution in [0.3, 0.4) is 0 Å². The molecule has 2 aromatic rings. The number of carboxylic acids is 1. The molecule has 1 saturated heterocycles. The van der Waals surface area contributed by atoms with Crippen molar-refractivity contribution >= 4 is 11.9 Å². The zero-order valence-corrected chi connectivity index (χ0v) is 13.6. The Labute approximate surface area is 140 Å². The highest BCUT2D eigenvalue weighted by molar-refractivity contribution is 5.84. The SMILES string of the molecule is Cc1nc(CCC(=O)N2CCCC2C(=O)O)oc1-c1ccccc1. The second kappa shape index (κ2) is 6.86. The lowest BCUT2D eigenvalue weighted by Crippen LogP contribution is -2.40. The number of likely N-dealkylation sites (tertiary alicyclic amines) is 1. The maximum atomic E-state index is 12.3. The Balaban J connectivity index is 1.65. The molecule has 1 aliphatic rings. The van der Waals surface area contributed by atoms with Crippen LogP contribution in [0.25, 0.3) is 11.3 Å². The first-order valence-electron chi connectivity index (χ1n) is 8.10. The second-order valence-corrected chi connectivity index (χ2v) is 5.97. The van der Waals surface area contributed by atoms with Crippen LogP contribution in [0.4, 0.5) is 0 Å². The van der Waals surface area contributed by atoms with Gasteiger partial charge >= 0.3 is 5.97 Å². The van der Waals surface area contributed by atoms with Gasteiger partial charge in [-0.25, -0.2) is 9.78 Å². The summed E-state index contributed by atoms with van der Waals surface area (Å²) in [4.78, 5) is 29.3. The van der Waals surface area contributed by atoms with E-state index in [1.807, 2.05) is 37.3 Å². The van der Waals surface area contributed by atoms with Crippen LogP contribution in [0.2, 0.25) is 0 Å². The first-order chi connectivity index (χ1) is 11.6. The molecule has 0 spiro atoms. The Bertz CT molecular complexity index is 739. The second-order valence-electron chi connectivity index (χ2n) is 5.97. The molecule has 0 aliphatic carbocycles. The number of amides is 1. The Morgan fingerprint density at radius 3 is 2.79 bits per heavy atom. The number of nitrogens with zero attached hydrogens (tertiary/aromatic N) is 2. The van der Waals surface area contributed by atoms with Gasteiger partial charge in [0.05, 0.1) is 5.69 Å². The van der Waals surface area contributed by atoms with E-state index < -0.39 is 12.0 Å². The normalized spacial score (nSPS) is 17.2. The molecule has 1 aromatic carbocycles. The van der Waals surface area contributed by atoms with Crippen LogP contribution in [0, 0.1) is 6.92 Å². The number of aryl methyl sites for hydroxylation is 2. The number of hydrogen-bond acceptors (Lipinski definition) is 4. The highest BCUT2D eigenvalue weighted by Gasteiger charge is 2.33. The zero-order valence-electron chi connectivity index (χ0n) is 13.6. The van der Waals surface area contributed by atoms with Crippen LogP contribution in [-0.2, 0) is 16.0 Å². The lowest BCUT2D eigenvalue weighted by Gasteiger charge is -2.20. The average molecular weight is 328 g/mol. The number of rotatable bonds is 5. The largest absolute Gasteiger partial charge is 0.480 e. The summed E-state index contributed by atoms with van der Waals surface area (Å²) in [6, 6.07) is 9.00. The molecular formula is C18H20N2O4. The molecule has 2 heterocycles. The number of carboxylic acid groups (broad SMARTS) is 1. The fraction of sp³-hybridized carbons (Fsp3) is 0.389. The molecule has 6 nitrogen and oxygen atoms in total. The molecule has 1 fully saturated rings. The molecule has 6 heteroatoms. The molecule has 3 rings (SSSR count). The first-order valence-corrected chi connectivity index (χ1v) is 8.10. The van der Waals surface area contributed by atoms with E-state index in [-0.39, 0.29) is 12.3 Å². The van der Waals surface area contributed by atoms with Crippen molar-refractivity contribution in [3.05, 3.63) is 41.9 Å². The maximum absolute atomic E-state index is 12.3. The zero-order chi connectivity index (χ0) is 17.1. The molecule has 0 saturated carbocycles. The molecular weight excluding hydrogens is 308 g/mol. The summed E-state index contributed by atoms with van der Waals surface area (Å²) >= 11 is 0. The minimum Gasteiger partial charge on any atom is -0.480 e. The van der Waals surface area contributed by atoms with Gasteiger partial charge in [-0.05, 0) is 19.8 Å². The van der Waals surface area contributed by atoms with Gasteiger partial charge in [0, 0.05) is 24.9 Å². The number of benzene rings is 1. The highest BCUT2D eigenvalue weighted by Crippen LogP contribution is 2.25. The van der Waals surface area contributed by atoms with Crippen LogP contribution in [-0.4, -0.2) is 39.5 Å². The van der Waals surface area contributed by atoms with E-state index in [9.17, 15) is 9.59 Å². The van der Waals surface area contributed by atoms with E-state index in [1.54, 1.807) is 0 Å². The topological polar surface area (TPSA) is 83.6 Å². The lowest BCUT2D eigenvalue weighted by atomic mass is 10.1. The van der Waals surface area contributed by atoms with E-state index in [0.29, 0.717) is 31.0 Å². The van der Waals surface area contributed by atoms with Crippen LogP contribution in [0.1, 0.15) is 30.8 Å². The summed E-state index contributed by atoms with van der Waals surface area (Å²) in [6.45, 7) is 2.38. The molecule has 1 amide bonds. The van der Waals surface area contributed by atoms with E-state index in [1.165, 1.54) is 4.90 Å². The van der Waals surface area contributed by atoms with E-state index >= 15 is 0 Å². The molecule has 1 atom stereocenters. The van der Waals surface area contributed by atoms with Crippen molar-refractivity contribution in [3.63, 3.8) is 0 Å². The van der Waals surface area contributed by atoms with Gasteiger partial charge in [-0.15, -0.1) is 0 Å². The van der Waals surface area contributed by atoms with Crippen molar-refractivity contribution in [2.24, 2.45) is 0 Å². The monoisotopic (exact) mass is 328 g/mol. The van der Waals surface area contributed by atoms with E-state index in [0.717, 1.165) is 17.7 Å². The standard InChI is InChI=1S/C18H20N2O4/c1-12-17(13-6-3-2-4-7-13)24-15(19-12)9-10-16(21)20-11-5-8-14(20)18(22)23/h2-4,6-7,14H,5,8-11H2,1H3,(H,22,23). The van der Waals surface area contributed by atoms with Crippen molar-refractivity contribution in [1.82, 2.24) is 9.88 Å². The third-order valence-electron chi connectivity index (χ3n) is 4.29. The number of oxazole rings is 1. The number of aromatic nitrogens is 1. The summed E-state index contributed by atoms with van der Waals surface area (Å²) < 4.78 is 5.79. The van der Waals surface area contributed by atoms with Gasteiger partial charge in [0.15, 0.2) is 11.7 Å². The minimum absolute atomic E-state index is 0.156. The van der Waals surface area contributed by atoms with Gasteiger partial charge < -0.3 is 14.4 Å². The Morgan fingerprint density at radius 2 is 2.08 bits per heavy atom. The number of carbonyl (C=O) groups excluding carboxylic acids is 1. The van der Waals surface area contributed by atoms with Gasteiger partial charge in [0.25, 0.3) is 0 Å². The van der Waals surface area contributed by atoms with Gasteiger partial charge in [-0.3, -0.25) is 4.79 Å². The molecule has 1 N–H and O–H groups in total. The molecule has 126 valence electrons. The number of hydrogen-bond donors (Lipinski definition) is 1. The Kier molecular flexibility index (Phi) is 4.64. The molecule has 0 radical (unpaired) electrons. The summed E-state index contributed by atoms with van der Waals surface area (Å²) in [5.74, 6) is 0.129. The average Bonchev–Trinajstić information content (AvgIpc) is 3.20. The predicted octanol–water partition coefficient (Wildman–Crippen LogP) is 2.66. The van der Waals surface area contributed by atoms with E-state index in [4.69, 9.17) is 9.52 Å². The number of carbonyl (C=O) groups is 2. The fourth-order valence-corrected chi connectivity index (χ4v) is 3.10. The molecule has 1 aromatic heterocycles. The van der Waals surface area contributed by atoms with Crippen molar-refractivity contribution in [2.75, 3.05) is 6.54 Å². The quantitative estimate of drug-likeness (QED) is 0.912. The smallest absolute Gasteiger partial charge is 0.326 e. The molecule has 1 unspecified atom stereocenters. The molecule has 0 bridgehead atoms. The third kappa shape index (κ3) is 3.32. The predicted molar refractivity (Wildman–Crippen MR) is 87.4 cm³/mol. The van der Waals surface area contributed by atoms with Crippen molar-refractivity contribution in [1.29, 1.82) is 0 Å². The van der Waals surface area contributed by atoms with Crippen LogP contribution in [0.5, 0.6) is 0 Å². The van der Waals surface area contributed by atoms with Crippen molar-refractivity contribution in [2.45, 2.75) is 38.6 Å². The summed E-state index contributed by atoms with van der Waals surface area (Å²) in [7, 11) is 0. The summed E-state index contributed by atoms with van der Waals surface area (Å²) in [5.41, 5.74) is 1.73.